The molecule has 0 spiro atoms. The van der Waals surface area contributed by atoms with Gasteiger partial charge in [-0.05, 0) is 31.5 Å². The number of carbonyl (C=O) groups excluding carboxylic acids is 1. The highest BCUT2D eigenvalue weighted by Gasteiger charge is 2.24. The third-order valence-corrected chi connectivity index (χ3v) is 7.08. The molecule has 0 aliphatic heterocycles. The lowest BCUT2D eigenvalue weighted by Crippen LogP contribution is -3.08. The Bertz CT molecular complexity index is 936. The molecule has 29 heavy (non-hydrogen) atoms. The van der Waals surface area contributed by atoms with E-state index in [9.17, 15) is 13.2 Å². The molecule has 158 valence electrons. The minimum Gasteiger partial charge on any atom is -0.326 e. The Morgan fingerprint density at radius 2 is 1.66 bits per heavy atom. The molecular formula is C22H32N3O3S+. The molecule has 2 aromatic rings. The number of likely N-dealkylation sites (N-methyl/N-ethyl adjacent to an activating group) is 1. The summed E-state index contributed by atoms with van der Waals surface area (Å²) >= 11 is 0. The van der Waals surface area contributed by atoms with Gasteiger partial charge in [0.2, 0.25) is 10.0 Å². The van der Waals surface area contributed by atoms with Crippen LogP contribution in [0.1, 0.15) is 30.5 Å². The van der Waals surface area contributed by atoms with E-state index in [4.69, 9.17) is 0 Å². The molecule has 2 aromatic carbocycles. The molecule has 6 nitrogen and oxygen atoms in total. The van der Waals surface area contributed by atoms with Crippen molar-refractivity contribution in [2.45, 2.75) is 39.1 Å². The van der Waals surface area contributed by atoms with Crippen LogP contribution in [0.2, 0.25) is 0 Å². The maximum absolute atomic E-state index is 12.9. The number of amides is 1. The summed E-state index contributed by atoms with van der Waals surface area (Å²) in [7, 11) is -1.62. The average Bonchev–Trinajstić information content (AvgIpc) is 2.65. The fourth-order valence-corrected chi connectivity index (χ4v) is 4.96. The molecule has 0 aliphatic rings. The van der Waals surface area contributed by atoms with Crippen LogP contribution in [0.5, 0.6) is 0 Å². The average molecular weight is 419 g/mol. The number of quaternary nitrogens is 1. The fourth-order valence-electron chi connectivity index (χ4n) is 3.25. The van der Waals surface area contributed by atoms with Gasteiger partial charge in [0.1, 0.15) is 6.54 Å². The monoisotopic (exact) mass is 418 g/mol. The molecular weight excluding hydrogens is 386 g/mol. The van der Waals surface area contributed by atoms with Gasteiger partial charge in [-0.3, -0.25) is 4.79 Å². The number of hydrogen-bond acceptors (Lipinski definition) is 3. The smallest absolute Gasteiger partial charge is 0.279 e. The number of benzene rings is 2. The van der Waals surface area contributed by atoms with E-state index in [1.54, 1.807) is 25.1 Å². The first kappa shape index (κ1) is 23.1. The molecule has 0 radical (unpaired) electrons. The van der Waals surface area contributed by atoms with E-state index < -0.39 is 10.0 Å². The van der Waals surface area contributed by atoms with Gasteiger partial charge >= 0.3 is 0 Å². The van der Waals surface area contributed by atoms with E-state index in [0.29, 0.717) is 30.9 Å². The summed E-state index contributed by atoms with van der Waals surface area (Å²) in [6, 6.07) is 13.3. The molecule has 1 unspecified atom stereocenters. The number of sulfonamides is 1. The van der Waals surface area contributed by atoms with Crippen LogP contribution in [-0.4, -0.2) is 45.3 Å². The predicted octanol–water partition coefficient (Wildman–Crippen LogP) is 1.99. The Balaban J connectivity index is 2.07. The lowest BCUT2D eigenvalue weighted by molar-refractivity contribution is -0.885. The third-order valence-electron chi connectivity index (χ3n) is 4.88. The van der Waals surface area contributed by atoms with E-state index in [2.05, 4.69) is 29.6 Å². The predicted molar refractivity (Wildman–Crippen MR) is 117 cm³/mol. The zero-order valence-electron chi connectivity index (χ0n) is 18.0. The maximum Gasteiger partial charge on any atom is 0.279 e. The van der Waals surface area contributed by atoms with Crippen LogP contribution in [0, 0.1) is 13.8 Å². The minimum atomic E-state index is -3.58. The van der Waals surface area contributed by atoms with Crippen LogP contribution in [0.3, 0.4) is 0 Å². The van der Waals surface area contributed by atoms with Gasteiger partial charge < -0.3 is 10.2 Å². The summed E-state index contributed by atoms with van der Waals surface area (Å²) in [6.07, 6.45) is 0. The number of aryl methyl sites for hydroxylation is 2. The zero-order valence-corrected chi connectivity index (χ0v) is 18.8. The van der Waals surface area contributed by atoms with Crippen LogP contribution >= 0.6 is 0 Å². The first-order valence-electron chi connectivity index (χ1n) is 9.94. The van der Waals surface area contributed by atoms with Crippen LogP contribution in [0.15, 0.2) is 47.4 Å². The number of nitrogens with zero attached hydrogens (tertiary/aromatic N) is 1. The Morgan fingerprint density at radius 3 is 2.24 bits per heavy atom. The molecule has 2 rings (SSSR count). The van der Waals surface area contributed by atoms with Gasteiger partial charge in [-0.2, -0.15) is 4.31 Å². The van der Waals surface area contributed by atoms with Crippen molar-refractivity contribution in [3.8, 4) is 0 Å². The number of rotatable bonds is 9. The molecule has 0 aliphatic carbocycles. The van der Waals surface area contributed by atoms with Crippen LogP contribution in [0.4, 0.5) is 5.69 Å². The Morgan fingerprint density at radius 1 is 1.03 bits per heavy atom. The largest absolute Gasteiger partial charge is 0.326 e. The Labute approximate surface area is 174 Å². The summed E-state index contributed by atoms with van der Waals surface area (Å²) in [5.41, 5.74) is 3.54. The summed E-state index contributed by atoms with van der Waals surface area (Å²) in [5, 5.41) is 2.84. The maximum atomic E-state index is 12.9. The second kappa shape index (κ2) is 10.0. The van der Waals surface area contributed by atoms with E-state index in [1.165, 1.54) is 15.4 Å². The van der Waals surface area contributed by atoms with Crippen molar-refractivity contribution in [3.05, 3.63) is 59.2 Å². The van der Waals surface area contributed by atoms with Crippen LogP contribution in [0.25, 0.3) is 0 Å². The van der Waals surface area contributed by atoms with Crippen molar-refractivity contribution in [1.82, 2.24) is 4.31 Å². The van der Waals surface area contributed by atoms with Gasteiger partial charge in [-0.15, -0.1) is 0 Å². The summed E-state index contributed by atoms with van der Waals surface area (Å²) in [5.74, 6) is -0.148. The Hall–Kier alpha value is -2.22. The van der Waals surface area contributed by atoms with Gasteiger partial charge in [-0.1, -0.05) is 49.7 Å². The topological polar surface area (TPSA) is 70.9 Å². The molecule has 0 heterocycles. The summed E-state index contributed by atoms with van der Waals surface area (Å²) in [4.78, 5) is 13.8. The lowest BCUT2D eigenvalue weighted by atomic mass is 10.1. The first-order chi connectivity index (χ1) is 13.7. The molecule has 7 heteroatoms. The molecule has 1 amide bonds. The third kappa shape index (κ3) is 6.13. The molecule has 0 aromatic heterocycles. The van der Waals surface area contributed by atoms with Crippen molar-refractivity contribution in [2.24, 2.45) is 0 Å². The van der Waals surface area contributed by atoms with E-state index in [0.717, 1.165) is 11.4 Å². The van der Waals surface area contributed by atoms with Crippen molar-refractivity contribution >= 4 is 21.6 Å². The Kier molecular flexibility index (Phi) is 7.96. The van der Waals surface area contributed by atoms with Crippen molar-refractivity contribution in [2.75, 3.05) is 32.0 Å². The highest BCUT2D eigenvalue weighted by atomic mass is 32.2. The fraction of sp³-hybridized carbons (Fsp3) is 0.409. The van der Waals surface area contributed by atoms with Crippen molar-refractivity contribution in [1.29, 1.82) is 0 Å². The molecule has 0 saturated carbocycles. The molecule has 2 N–H and O–H groups in total. The summed E-state index contributed by atoms with van der Waals surface area (Å²) < 4.78 is 27.2. The second-order valence-electron chi connectivity index (χ2n) is 7.41. The van der Waals surface area contributed by atoms with Crippen molar-refractivity contribution < 1.29 is 18.1 Å². The lowest BCUT2D eigenvalue weighted by Gasteiger charge is -2.20. The summed E-state index contributed by atoms with van der Waals surface area (Å²) in [6.45, 7) is 9.28. The number of hydrogen-bond donors (Lipinski definition) is 2. The molecule has 0 bridgehead atoms. The highest BCUT2D eigenvalue weighted by molar-refractivity contribution is 7.89. The van der Waals surface area contributed by atoms with E-state index in [1.807, 2.05) is 27.8 Å². The highest BCUT2D eigenvalue weighted by Crippen LogP contribution is 2.23. The molecule has 1 atom stereocenters. The number of carbonyl (C=O) groups is 1. The van der Waals surface area contributed by atoms with Gasteiger partial charge in [0.15, 0.2) is 6.54 Å². The molecule has 0 fully saturated rings. The zero-order chi connectivity index (χ0) is 21.6. The standard InChI is InChI=1S/C22H31N3O3S/c1-6-25(7-2)29(27,28)21-14-20(13-10-18(21)4)23-22(26)16-24(5)15-19-11-8-17(3)9-12-19/h8-14H,6-7,15-16H2,1-5H3,(H,23,26)/p+1. The second-order valence-corrected chi connectivity index (χ2v) is 9.32. The van der Waals surface area contributed by atoms with Crippen LogP contribution < -0.4 is 10.2 Å². The van der Waals surface area contributed by atoms with Gasteiger partial charge in [0.25, 0.3) is 5.91 Å². The van der Waals surface area contributed by atoms with Gasteiger partial charge in [-0.25, -0.2) is 8.42 Å². The van der Waals surface area contributed by atoms with Crippen LogP contribution in [-0.2, 0) is 21.4 Å². The minimum absolute atomic E-state index is 0.148. The van der Waals surface area contributed by atoms with Gasteiger partial charge in [0, 0.05) is 24.3 Å². The van der Waals surface area contributed by atoms with E-state index >= 15 is 0 Å². The SMILES string of the molecule is CCN(CC)S(=O)(=O)c1cc(NC(=O)C[NH+](C)Cc2ccc(C)cc2)ccc1C. The van der Waals surface area contributed by atoms with E-state index in [-0.39, 0.29) is 10.8 Å². The quantitative estimate of drug-likeness (QED) is 0.654. The number of anilines is 1. The first-order valence-corrected chi connectivity index (χ1v) is 11.4. The van der Waals surface area contributed by atoms with Crippen molar-refractivity contribution in [3.63, 3.8) is 0 Å². The normalized spacial score (nSPS) is 12.8. The molecule has 0 saturated heterocycles. The van der Waals surface area contributed by atoms with Gasteiger partial charge in [0.05, 0.1) is 11.9 Å². The number of nitrogens with one attached hydrogen (secondary N) is 2.